The van der Waals surface area contributed by atoms with E-state index in [1.54, 1.807) is 0 Å². The van der Waals surface area contributed by atoms with Crippen LogP contribution in [0.3, 0.4) is 0 Å². The second kappa shape index (κ2) is 7.25. The zero-order valence-corrected chi connectivity index (χ0v) is 12.1. The molecule has 1 heterocycles. The predicted molar refractivity (Wildman–Crippen MR) is 75.8 cm³/mol. The first-order valence-corrected chi connectivity index (χ1v) is 7.88. The highest BCUT2D eigenvalue weighted by molar-refractivity contribution is 5.80. The summed E-state index contributed by atoms with van der Waals surface area (Å²) in [5.74, 6) is 0.152. The fraction of sp³-hybridized carbons (Fsp3) is 0.933. The van der Waals surface area contributed by atoms with Crippen molar-refractivity contribution in [3.63, 3.8) is 0 Å². The summed E-state index contributed by atoms with van der Waals surface area (Å²) in [6.07, 6.45) is 8.85. The van der Waals surface area contributed by atoms with Crippen LogP contribution in [0.15, 0.2) is 0 Å². The van der Waals surface area contributed by atoms with Crippen molar-refractivity contribution in [3.05, 3.63) is 0 Å². The molecule has 110 valence electrons. The van der Waals surface area contributed by atoms with Crippen LogP contribution in [0.2, 0.25) is 0 Å². The summed E-state index contributed by atoms with van der Waals surface area (Å²) in [4.78, 5) is 14.4. The first kappa shape index (κ1) is 14.8. The quantitative estimate of drug-likeness (QED) is 0.852. The van der Waals surface area contributed by atoms with Crippen molar-refractivity contribution in [1.29, 1.82) is 0 Å². The summed E-state index contributed by atoms with van der Waals surface area (Å²) in [5, 5.41) is 0. The molecule has 0 aromatic carbocycles. The third-order valence-electron chi connectivity index (χ3n) is 4.40. The van der Waals surface area contributed by atoms with E-state index in [0.717, 1.165) is 38.8 Å². The van der Waals surface area contributed by atoms with Crippen molar-refractivity contribution in [1.82, 2.24) is 4.90 Å². The van der Waals surface area contributed by atoms with Crippen LogP contribution in [-0.2, 0) is 9.53 Å². The molecule has 0 aromatic heterocycles. The predicted octanol–water partition coefficient (Wildman–Crippen LogP) is 2.06. The summed E-state index contributed by atoms with van der Waals surface area (Å²) in [6, 6.07) is 0.105. The van der Waals surface area contributed by atoms with E-state index >= 15 is 0 Å². The maximum absolute atomic E-state index is 12.4. The van der Waals surface area contributed by atoms with Gasteiger partial charge in [-0.05, 0) is 32.6 Å². The minimum absolute atomic E-state index is 0.0691. The molecule has 2 N–H and O–H groups in total. The van der Waals surface area contributed by atoms with Gasteiger partial charge in [0, 0.05) is 19.1 Å². The van der Waals surface area contributed by atoms with Crippen LogP contribution in [0.4, 0.5) is 0 Å². The smallest absolute Gasteiger partial charge is 0.251 e. The highest BCUT2D eigenvalue weighted by atomic mass is 16.5. The van der Waals surface area contributed by atoms with Crippen molar-refractivity contribution in [2.45, 2.75) is 76.5 Å². The lowest BCUT2D eigenvalue weighted by atomic mass is 9.93. The van der Waals surface area contributed by atoms with Gasteiger partial charge in [-0.3, -0.25) is 4.79 Å². The Morgan fingerprint density at radius 1 is 1.11 bits per heavy atom. The zero-order valence-electron chi connectivity index (χ0n) is 12.1. The number of carbonyl (C=O) groups is 1. The van der Waals surface area contributed by atoms with E-state index < -0.39 is 0 Å². The van der Waals surface area contributed by atoms with Crippen LogP contribution in [0.1, 0.15) is 58.3 Å². The van der Waals surface area contributed by atoms with Crippen molar-refractivity contribution >= 4 is 5.91 Å². The summed E-state index contributed by atoms with van der Waals surface area (Å²) in [6.45, 7) is 3.67. The van der Waals surface area contributed by atoms with Gasteiger partial charge in [-0.2, -0.15) is 0 Å². The standard InChI is InChI=1S/C15H28N2O2/c1-12(19-14-9-5-4-8-13(14)16)15(18)17-10-6-2-3-7-11-17/h12-14H,2-11,16H2,1H3. The van der Waals surface area contributed by atoms with Gasteiger partial charge in [0.15, 0.2) is 0 Å². The molecule has 2 aliphatic rings. The Morgan fingerprint density at radius 2 is 1.74 bits per heavy atom. The molecule has 3 unspecified atom stereocenters. The van der Waals surface area contributed by atoms with E-state index in [9.17, 15) is 4.79 Å². The van der Waals surface area contributed by atoms with Gasteiger partial charge in [0.1, 0.15) is 6.10 Å². The Bertz CT molecular complexity index is 288. The molecular formula is C15H28N2O2. The molecule has 1 amide bonds. The number of ether oxygens (including phenoxy) is 1. The molecule has 0 radical (unpaired) electrons. The SMILES string of the molecule is CC(OC1CCCCC1N)C(=O)N1CCCCCC1. The summed E-state index contributed by atoms with van der Waals surface area (Å²) in [5.41, 5.74) is 6.08. The average Bonchev–Trinajstić information content (AvgIpc) is 2.69. The molecule has 0 aromatic rings. The molecule has 1 saturated heterocycles. The highest BCUT2D eigenvalue weighted by Gasteiger charge is 2.28. The van der Waals surface area contributed by atoms with Crippen LogP contribution in [0.5, 0.6) is 0 Å². The molecular weight excluding hydrogens is 240 g/mol. The number of hydrogen-bond acceptors (Lipinski definition) is 3. The molecule has 3 atom stereocenters. The molecule has 19 heavy (non-hydrogen) atoms. The number of hydrogen-bond donors (Lipinski definition) is 1. The lowest BCUT2D eigenvalue weighted by molar-refractivity contribution is -0.148. The van der Waals surface area contributed by atoms with Crippen molar-refractivity contribution in [2.24, 2.45) is 5.73 Å². The molecule has 0 spiro atoms. The molecule has 0 bridgehead atoms. The second-order valence-electron chi connectivity index (χ2n) is 6.00. The number of rotatable bonds is 3. The number of nitrogens with two attached hydrogens (primary N) is 1. The lowest BCUT2D eigenvalue weighted by Crippen LogP contribution is -2.46. The largest absolute Gasteiger partial charge is 0.364 e. The Kier molecular flexibility index (Phi) is 5.64. The number of carbonyl (C=O) groups excluding carboxylic acids is 1. The second-order valence-corrected chi connectivity index (χ2v) is 6.00. The number of nitrogens with zero attached hydrogens (tertiary/aromatic N) is 1. The molecule has 1 aliphatic carbocycles. The topological polar surface area (TPSA) is 55.6 Å². The van der Waals surface area contributed by atoms with Crippen molar-refractivity contribution < 1.29 is 9.53 Å². The van der Waals surface area contributed by atoms with Crippen molar-refractivity contribution in [2.75, 3.05) is 13.1 Å². The molecule has 2 fully saturated rings. The van der Waals surface area contributed by atoms with Gasteiger partial charge in [0.2, 0.25) is 0 Å². The molecule has 1 saturated carbocycles. The first-order valence-electron chi connectivity index (χ1n) is 7.88. The Morgan fingerprint density at radius 3 is 2.37 bits per heavy atom. The normalized spacial score (nSPS) is 30.7. The van der Waals surface area contributed by atoms with Gasteiger partial charge >= 0.3 is 0 Å². The molecule has 4 heteroatoms. The Balaban J connectivity index is 1.83. The van der Waals surface area contributed by atoms with Crippen LogP contribution in [-0.4, -0.2) is 42.1 Å². The van der Waals surface area contributed by atoms with E-state index in [1.165, 1.54) is 25.7 Å². The van der Waals surface area contributed by atoms with Gasteiger partial charge < -0.3 is 15.4 Å². The summed E-state index contributed by atoms with van der Waals surface area (Å²) >= 11 is 0. The van der Waals surface area contributed by atoms with Crippen LogP contribution in [0, 0.1) is 0 Å². The zero-order chi connectivity index (χ0) is 13.7. The van der Waals surface area contributed by atoms with Gasteiger partial charge in [-0.1, -0.05) is 25.7 Å². The molecule has 1 aliphatic heterocycles. The Hall–Kier alpha value is -0.610. The van der Waals surface area contributed by atoms with E-state index in [0.29, 0.717) is 0 Å². The van der Waals surface area contributed by atoms with Crippen molar-refractivity contribution in [3.8, 4) is 0 Å². The number of amides is 1. The van der Waals surface area contributed by atoms with Gasteiger partial charge in [-0.25, -0.2) is 0 Å². The highest BCUT2D eigenvalue weighted by Crippen LogP contribution is 2.21. The maximum atomic E-state index is 12.4. The maximum Gasteiger partial charge on any atom is 0.251 e. The van der Waals surface area contributed by atoms with Gasteiger partial charge in [0.25, 0.3) is 5.91 Å². The van der Waals surface area contributed by atoms with Crippen LogP contribution in [0.25, 0.3) is 0 Å². The minimum atomic E-state index is -0.341. The fourth-order valence-corrected chi connectivity index (χ4v) is 3.16. The van der Waals surface area contributed by atoms with Gasteiger partial charge in [0.05, 0.1) is 6.10 Å². The lowest BCUT2D eigenvalue weighted by Gasteiger charge is -2.32. The van der Waals surface area contributed by atoms with Crippen LogP contribution >= 0.6 is 0 Å². The molecule has 4 nitrogen and oxygen atoms in total. The van der Waals surface area contributed by atoms with E-state index in [1.807, 2.05) is 11.8 Å². The fourth-order valence-electron chi connectivity index (χ4n) is 3.16. The third kappa shape index (κ3) is 4.18. The van der Waals surface area contributed by atoms with E-state index in [-0.39, 0.29) is 24.2 Å². The van der Waals surface area contributed by atoms with E-state index in [4.69, 9.17) is 10.5 Å². The monoisotopic (exact) mass is 268 g/mol. The minimum Gasteiger partial charge on any atom is -0.364 e. The first-order chi connectivity index (χ1) is 9.18. The molecule has 2 rings (SSSR count). The summed E-state index contributed by atoms with van der Waals surface area (Å²) in [7, 11) is 0. The van der Waals surface area contributed by atoms with E-state index in [2.05, 4.69) is 0 Å². The summed E-state index contributed by atoms with van der Waals surface area (Å²) < 4.78 is 5.94. The van der Waals surface area contributed by atoms with Gasteiger partial charge in [-0.15, -0.1) is 0 Å². The number of likely N-dealkylation sites (tertiary alicyclic amines) is 1. The Labute approximate surface area is 116 Å². The third-order valence-corrected chi connectivity index (χ3v) is 4.40. The van der Waals surface area contributed by atoms with Crippen LogP contribution < -0.4 is 5.73 Å². The average molecular weight is 268 g/mol.